The largest absolute Gasteiger partial charge is 0.369 e. The number of anilines is 1. The van der Waals surface area contributed by atoms with E-state index >= 15 is 4.79 Å². The first kappa shape index (κ1) is 31.4. The maximum absolute atomic E-state index is 15.4. The molecule has 8 heteroatoms. The normalized spacial score (nSPS) is 13.8. The molecule has 1 aliphatic rings. The fourth-order valence-electron chi connectivity index (χ4n) is 7.99. The van der Waals surface area contributed by atoms with Gasteiger partial charge >= 0.3 is 0 Å². The van der Waals surface area contributed by atoms with E-state index in [1.807, 2.05) is 109 Å². The van der Waals surface area contributed by atoms with Crippen LogP contribution in [0.4, 0.5) is 5.69 Å². The lowest BCUT2D eigenvalue weighted by Gasteiger charge is -2.27. The van der Waals surface area contributed by atoms with E-state index in [0.29, 0.717) is 22.5 Å². The molecule has 1 amide bonds. The molecule has 0 saturated carbocycles. The van der Waals surface area contributed by atoms with Gasteiger partial charge in [-0.05, 0) is 17.2 Å². The summed E-state index contributed by atoms with van der Waals surface area (Å²) in [6.07, 6.45) is 8.98. The van der Waals surface area contributed by atoms with Crippen LogP contribution >= 0.6 is 0 Å². The van der Waals surface area contributed by atoms with Crippen molar-refractivity contribution in [3.63, 3.8) is 0 Å². The lowest BCUT2D eigenvalue weighted by molar-refractivity contribution is 0.0935. The van der Waals surface area contributed by atoms with Gasteiger partial charge in [0.2, 0.25) is 0 Å². The number of amides is 1. The molecule has 0 radical (unpaired) electrons. The van der Waals surface area contributed by atoms with Crippen LogP contribution in [0.15, 0.2) is 171 Å². The van der Waals surface area contributed by atoms with E-state index in [4.69, 9.17) is 0 Å². The Kier molecular flexibility index (Phi) is 7.42. The molecule has 6 aromatic carbocycles. The number of aliphatic hydroxyl groups excluding tert-OH is 1. The van der Waals surface area contributed by atoms with Crippen LogP contribution in [0.3, 0.4) is 0 Å². The molecule has 0 spiro atoms. The van der Waals surface area contributed by atoms with Crippen LogP contribution in [-0.2, 0) is 0 Å². The maximum atomic E-state index is 15.4. The predicted octanol–water partition coefficient (Wildman–Crippen LogP) is 9.68. The molecule has 4 heterocycles. The molecule has 0 saturated heterocycles. The SMILES string of the molecule is O=C1c2c(cccc2-n2c3c(-c4cncnc4)cccc3c3cccc(-c4cncnc4)c32)C(O)N1c1c(-c2ccccc2)cccc1-c1ccccc1. The predicted molar refractivity (Wildman–Crippen MR) is 212 cm³/mol. The lowest BCUT2D eigenvalue weighted by Crippen LogP contribution is -2.29. The van der Waals surface area contributed by atoms with E-state index in [1.54, 1.807) is 29.7 Å². The summed E-state index contributed by atoms with van der Waals surface area (Å²) in [7, 11) is 0. The molecule has 256 valence electrons. The number of nitrogens with zero attached hydrogens (tertiary/aromatic N) is 6. The number of rotatable bonds is 6. The van der Waals surface area contributed by atoms with Gasteiger partial charge in [0.25, 0.3) is 5.91 Å². The molecule has 8 nitrogen and oxygen atoms in total. The standard InChI is InChI=1S/C46H30N6O2/c53-45-39-21-10-22-40(41(39)46(54)52(45)42-33(29-11-3-1-4-12-29)15-7-16-34(42)30-13-5-2-6-14-30)51-43-35(31-23-47-27-48-24-31)17-8-19-37(43)38-20-9-18-36(44(38)51)32-25-49-28-50-26-32/h1-28,45,53H. The fraction of sp³-hybridized carbons (Fsp3) is 0.0217. The van der Waals surface area contributed by atoms with Crippen molar-refractivity contribution in [2.45, 2.75) is 6.23 Å². The smallest absolute Gasteiger partial charge is 0.263 e. The third kappa shape index (κ3) is 4.85. The summed E-state index contributed by atoms with van der Waals surface area (Å²) in [5.41, 5.74) is 11.0. The Hall–Kier alpha value is -7.29. The molecule has 1 unspecified atom stereocenters. The van der Waals surface area contributed by atoms with Crippen LogP contribution in [0, 0.1) is 0 Å². The number of fused-ring (bicyclic) bond motifs is 4. The van der Waals surface area contributed by atoms with Gasteiger partial charge in [0, 0.05) is 74.5 Å². The number of hydrogen-bond donors (Lipinski definition) is 1. The van der Waals surface area contributed by atoms with Crippen LogP contribution in [0.25, 0.3) is 72.0 Å². The number of carbonyl (C=O) groups excluding carboxylic acids is 1. The molecule has 0 bridgehead atoms. The number of aromatic nitrogens is 5. The molecular weight excluding hydrogens is 669 g/mol. The summed E-state index contributed by atoms with van der Waals surface area (Å²) in [5.74, 6) is -0.301. The third-order valence-corrected chi connectivity index (χ3v) is 10.3. The fourth-order valence-corrected chi connectivity index (χ4v) is 7.99. The second kappa shape index (κ2) is 12.7. The van der Waals surface area contributed by atoms with Gasteiger partial charge in [-0.25, -0.2) is 19.9 Å². The maximum Gasteiger partial charge on any atom is 0.263 e. The lowest BCUT2D eigenvalue weighted by atomic mass is 9.95. The van der Waals surface area contributed by atoms with Crippen LogP contribution in [0.2, 0.25) is 0 Å². The summed E-state index contributed by atoms with van der Waals surface area (Å²) in [5, 5.41) is 14.4. The third-order valence-electron chi connectivity index (χ3n) is 10.3. The Labute approximate surface area is 310 Å². The summed E-state index contributed by atoms with van der Waals surface area (Å²) in [6.45, 7) is 0. The monoisotopic (exact) mass is 698 g/mol. The number of benzene rings is 6. The van der Waals surface area contributed by atoms with Crippen molar-refractivity contribution in [2.75, 3.05) is 4.90 Å². The summed E-state index contributed by atoms with van der Waals surface area (Å²) >= 11 is 0. The second-order valence-corrected chi connectivity index (χ2v) is 13.2. The number of hydrogen-bond acceptors (Lipinski definition) is 6. The molecule has 0 fully saturated rings. The highest BCUT2D eigenvalue weighted by Gasteiger charge is 2.41. The van der Waals surface area contributed by atoms with Crippen molar-refractivity contribution in [2.24, 2.45) is 0 Å². The highest BCUT2D eigenvalue weighted by molar-refractivity contribution is 6.20. The van der Waals surface area contributed by atoms with E-state index < -0.39 is 6.23 Å². The van der Waals surface area contributed by atoms with Gasteiger partial charge < -0.3 is 9.67 Å². The second-order valence-electron chi connectivity index (χ2n) is 13.2. The molecule has 3 aromatic heterocycles. The van der Waals surface area contributed by atoms with Crippen molar-refractivity contribution >= 4 is 33.4 Å². The number of para-hydroxylation sites is 3. The van der Waals surface area contributed by atoms with Gasteiger partial charge in [-0.2, -0.15) is 0 Å². The zero-order valence-corrected chi connectivity index (χ0v) is 28.8. The highest BCUT2D eigenvalue weighted by Crippen LogP contribution is 2.49. The topological polar surface area (TPSA) is 97.0 Å². The Morgan fingerprint density at radius 1 is 0.481 bits per heavy atom. The Morgan fingerprint density at radius 3 is 1.46 bits per heavy atom. The van der Waals surface area contributed by atoms with Gasteiger partial charge in [-0.1, -0.05) is 127 Å². The summed E-state index contributed by atoms with van der Waals surface area (Å²) < 4.78 is 2.16. The molecule has 9 aromatic rings. The zero-order chi connectivity index (χ0) is 36.2. The summed E-state index contributed by atoms with van der Waals surface area (Å²) in [4.78, 5) is 34.3. The highest BCUT2D eigenvalue weighted by atomic mass is 16.3. The first-order chi connectivity index (χ1) is 26.7. The van der Waals surface area contributed by atoms with Gasteiger partial charge in [-0.15, -0.1) is 0 Å². The first-order valence-electron chi connectivity index (χ1n) is 17.6. The summed E-state index contributed by atoms with van der Waals surface area (Å²) in [6, 6.07) is 44.1. The van der Waals surface area contributed by atoms with Crippen molar-refractivity contribution in [3.8, 4) is 50.2 Å². The minimum Gasteiger partial charge on any atom is -0.369 e. The van der Waals surface area contributed by atoms with Crippen molar-refractivity contribution in [3.05, 3.63) is 182 Å². The molecular formula is C46H30N6O2. The zero-order valence-electron chi connectivity index (χ0n) is 28.8. The van der Waals surface area contributed by atoms with Crippen molar-refractivity contribution in [1.29, 1.82) is 0 Å². The Morgan fingerprint density at radius 2 is 0.944 bits per heavy atom. The van der Waals surface area contributed by atoms with Gasteiger partial charge in [0.15, 0.2) is 6.23 Å². The van der Waals surface area contributed by atoms with E-state index in [1.165, 1.54) is 12.7 Å². The van der Waals surface area contributed by atoms with Gasteiger partial charge in [-0.3, -0.25) is 9.69 Å². The number of carbonyl (C=O) groups is 1. The van der Waals surface area contributed by atoms with E-state index in [-0.39, 0.29) is 5.91 Å². The average Bonchev–Trinajstić information content (AvgIpc) is 3.72. The Balaban J connectivity index is 1.28. The van der Waals surface area contributed by atoms with Crippen LogP contribution in [0.1, 0.15) is 22.1 Å². The first-order valence-corrected chi connectivity index (χ1v) is 17.6. The molecule has 1 N–H and O–H groups in total. The average molecular weight is 699 g/mol. The minimum atomic E-state index is -1.25. The van der Waals surface area contributed by atoms with E-state index in [0.717, 1.165) is 66.3 Å². The molecule has 0 aliphatic carbocycles. The van der Waals surface area contributed by atoms with Crippen LogP contribution < -0.4 is 4.90 Å². The minimum absolute atomic E-state index is 0.301. The number of aliphatic hydroxyl groups is 1. The van der Waals surface area contributed by atoms with Gasteiger partial charge in [0.1, 0.15) is 12.7 Å². The molecule has 10 rings (SSSR count). The van der Waals surface area contributed by atoms with Crippen LogP contribution in [0.5, 0.6) is 0 Å². The van der Waals surface area contributed by atoms with Crippen LogP contribution in [-0.4, -0.2) is 35.5 Å². The molecule has 1 atom stereocenters. The van der Waals surface area contributed by atoms with E-state index in [2.05, 4.69) is 48.8 Å². The quantitative estimate of drug-likeness (QED) is 0.186. The Bertz CT molecular complexity index is 2710. The van der Waals surface area contributed by atoms with Crippen molar-refractivity contribution in [1.82, 2.24) is 24.5 Å². The van der Waals surface area contributed by atoms with Gasteiger partial charge in [0.05, 0.1) is 28.0 Å². The van der Waals surface area contributed by atoms with E-state index in [9.17, 15) is 5.11 Å². The van der Waals surface area contributed by atoms with Crippen molar-refractivity contribution < 1.29 is 9.90 Å². The molecule has 54 heavy (non-hydrogen) atoms. The molecule has 1 aliphatic heterocycles.